The van der Waals surface area contributed by atoms with Gasteiger partial charge in [-0.25, -0.2) is 0 Å². The van der Waals surface area contributed by atoms with E-state index in [0.717, 1.165) is 11.8 Å². The zero-order chi connectivity index (χ0) is 11.8. The summed E-state index contributed by atoms with van der Waals surface area (Å²) in [7, 11) is 6.50. The highest BCUT2D eigenvalue weighted by Crippen LogP contribution is 2.19. The summed E-state index contributed by atoms with van der Waals surface area (Å²) in [6, 6.07) is 0. The lowest BCUT2D eigenvalue weighted by atomic mass is 10.2. The zero-order valence-electron chi connectivity index (χ0n) is 11.0. The van der Waals surface area contributed by atoms with Gasteiger partial charge in [0.1, 0.15) is 0 Å². The molecule has 16 heavy (non-hydrogen) atoms. The lowest BCUT2D eigenvalue weighted by molar-refractivity contribution is 0.294. The summed E-state index contributed by atoms with van der Waals surface area (Å²) in [5.41, 5.74) is 0. The summed E-state index contributed by atoms with van der Waals surface area (Å²) in [6.45, 7) is 6.00. The van der Waals surface area contributed by atoms with Crippen molar-refractivity contribution in [2.75, 3.05) is 59.6 Å². The van der Waals surface area contributed by atoms with Crippen LogP contribution in [-0.4, -0.2) is 74.7 Å². The SMILES string of the molecule is CN(C)CCN(C)CCSC1CCNCC1. The number of thioether (sulfide) groups is 1. The maximum absolute atomic E-state index is 3.42. The fourth-order valence-electron chi connectivity index (χ4n) is 1.82. The van der Waals surface area contributed by atoms with E-state index in [9.17, 15) is 0 Å². The van der Waals surface area contributed by atoms with E-state index in [1.165, 1.54) is 44.8 Å². The third-order valence-corrected chi connectivity index (χ3v) is 4.40. The molecule has 0 radical (unpaired) electrons. The standard InChI is InChI=1S/C12H27N3S/c1-14(2)8-9-15(3)10-11-16-12-4-6-13-7-5-12/h12-13H,4-11H2,1-3H3. The molecule has 1 saturated heterocycles. The van der Waals surface area contributed by atoms with Gasteiger partial charge in [-0.05, 0) is 47.1 Å². The van der Waals surface area contributed by atoms with Gasteiger partial charge in [0, 0.05) is 30.6 Å². The average Bonchev–Trinajstić information content (AvgIpc) is 2.28. The molecule has 0 aliphatic carbocycles. The molecule has 0 atom stereocenters. The molecule has 1 fully saturated rings. The molecule has 0 aromatic rings. The fourth-order valence-corrected chi connectivity index (χ4v) is 3.14. The van der Waals surface area contributed by atoms with Gasteiger partial charge in [0.15, 0.2) is 0 Å². The first-order valence-corrected chi connectivity index (χ1v) is 7.39. The first-order chi connectivity index (χ1) is 7.68. The van der Waals surface area contributed by atoms with Crippen LogP contribution in [0.3, 0.4) is 0 Å². The van der Waals surface area contributed by atoms with Gasteiger partial charge in [-0.2, -0.15) is 11.8 Å². The zero-order valence-corrected chi connectivity index (χ0v) is 11.9. The van der Waals surface area contributed by atoms with E-state index in [1.807, 2.05) is 0 Å². The molecule has 4 heteroatoms. The van der Waals surface area contributed by atoms with Crippen molar-refractivity contribution >= 4 is 11.8 Å². The van der Waals surface area contributed by atoms with Crippen LogP contribution in [0.2, 0.25) is 0 Å². The summed E-state index contributed by atoms with van der Waals surface area (Å²) in [4.78, 5) is 4.69. The predicted octanol–water partition coefficient (Wildman–Crippen LogP) is 0.965. The van der Waals surface area contributed by atoms with Gasteiger partial charge in [-0.1, -0.05) is 0 Å². The number of rotatable bonds is 7. The van der Waals surface area contributed by atoms with Crippen molar-refractivity contribution in [3.05, 3.63) is 0 Å². The smallest absolute Gasteiger partial charge is 0.0106 e. The first kappa shape index (κ1) is 14.3. The molecule has 0 aromatic heterocycles. The van der Waals surface area contributed by atoms with Gasteiger partial charge in [0.2, 0.25) is 0 Å². The van der Waals surface area contributed by atoms with Crippen LogP contribution in [0.5, 0.6) is 0 Å². The van der Waals surface area contributed by atoms with E-state index in [2.05, 4.69) is 48.0 Å². The molecule has 0 amide bonds. The Morgan fingerprint density at radius 2 is 1.75 bits per heavy atom. The van der Waals surface area contributed by atoms with Gasteiger partial charge < -0.3 is 15.1 Å². The maximum atomic E-state index is 3.42. The minimum absolute atomic E-state index is 0.906. The highest BCUT2D eigenvalue weighted by molar-refractivity contribution is 7.99. The Bertz CT molecular complexity index is 170. The quantitative estimate of drug-likeness (QED) is 0.720. The van der Waals surface area contributed by atoms with E-state index in [-0.39, 0.29) is 0 Å². The third-order valence-electron chi connectivity index (χ3n) is 3.04. The molecule has 96 valence electrons. The summed E-state index contributed by atoms with van der Waals surface area (Å²) in [5.74, 6) is 1.29. The average molecular weight is 245 g/mol. The van der Waals surface area contributed by atoms with E-state index >= 15 is 0 Å². The predicted molar refractivity (Wildman–Crippen MR) is 74.4 cm³/mol. The van der Waals surface area contributed by atoms with Crippen LogP contribution >= 0.6 is 11.8 Å². The minimum Gasteiger partial charge on any atom is -0.317 e. The molecule has 3 nitrogen and oxygen atoms in total. The number of piperidine rings is 1. The van der Waals surface area contributed by atoms with Crippen LogP contribution in [-0.2, 0) is 0 Å². The minimum atomic E-state index is 0.906. The molecule has 0 saturated carbocycles. The van der Waals surface area contributed by atoms with Gasteiger partial charge in [-0.3, -0.25) is 0 Å². The van der Waals surface area contributed by atoms with E-state index in [1.54, 1.807) is 0 Å². The molecule has 1 N–H and O–H groups in total. The lowest BCUT2D eigenvalue weighted by Gasteiger charge is -2.24. The second-order valence-corrected chi connectivity index (χ2v) is 6.33. The molecule has 1 aliphatic heterocycles. The van der Waals surface area contributed by atoms with Crippen molar-refractivity contribution in [3.8, 4) is 0 Å². The van der Waals surface area contributed by atoms with Gasteiger partial charge in [0.25, 0.3) is 0 Å². The summed E-state index contributed by atoms with van der Waals surface area (Å²) in [6.07, 6.45) is 2.71. The molecule has 0 aromatic carbocycles. The second-order valence-electron chi connectivity index (χ2n) is 4.93. The molecule has 1 heterocycles. The Kier molecular flexibility index (Phi) is 7.45. The number of nitrogens with zero attached hydrogens (tertiary/aromatic N) is 2. The Morgan fingerprint density at radius 3 is 2.38 bits per heavy atom. The third kappa shape index (κ3) is 6.74. The molecule has 1 rings (SSSR count). The summed E-state index contributed by atoms with van der Waals surface area (Å²) < 4.78 is 0. The van der Waals surface area contributed by atoms with Crippen LogP contribution in [0.4, 0.5) is 0 Å². The molecule has 0 bridgehead atoms. The second kappa shape index (κ2) is 8.34. The van der Waals surface area contributed by atoms with E-state index < -0.39 is 0 Å². The number of likely N-dealkylation sites (N-methyl/N-ethyl adjacent to an activating group) is 2. The molecular weight excluding hydrogens is 218 g/mol. The molecular formula is C12H27N3S. The van der Waals surface area contributed by atoms with Crippen molar-refractivity contribution in [3.63, 3.8) is 0 Å². The molecule has 0 spiro atoms. The summed E-state index contributed by atoms with van der Waals surface area (Å²) in [5, 5.41) is 4.32. The number of nitrogens with one attached hydrogen (secondary N) is 1. The Labute approximate surface area is 105 Å². The number of hydrogen-bond donors (Lipinski definition) is 1. The molecule has 1 aliphatic rings. The highest BCUT2D eigenvalue weighted by atomic mass is 32.2. The highest BCUT2D eigenvalue weighted by Gasteiger charge is 2.12. The normalized spacial score (nSPS) is 18.6. The topological polar surface area (TPSA) is 18.5 Å². The molecule has 0 unspecified atom stereocenters. The van der Waals surface area contributed by atoms with E-state index in [4.69, 9.17) is 0 Å². The first-order valence-electron chi connectivity index (χ1n) is 6.34. The van der Waals surface area contributed by atoms with Crippen LogP contribution in [0.1, 0.15) is 12.8 Å². The van der Waals surface area contributed by atoms with E-state index in [0.29, 0.717) is 0 Å². The van der Waals surface area contributed by atoms with Crippen molar-refractivity contribution in [1.82, 2.24) is 15.1 Å². The van der Waals surface area contributed by atoms with Crippen molar-refractivity contribution < 1.29 is 0 Å². The largest absolute Gasteiger partial charge is 0.317 e. The van der Waals surface area contributed by atoms with Crippen molar-refractivity contribution in [1.29, 1.82) is 0 Å². The van der Waals surface area contributed by atoms with Crippen molar-refractivity contribution in [2.24, 2.45) is 0 Å². The fraction of sp³-hybridized carbons (Fsp3) is 1.00. The van der Waals surface area contributed by atoms with Gasteiger partial charge >= 0.3 is 0 Å². The van der Waals surface area contributed by atoms with Gasteiger partial charge in [-0.15, -0.1) is 0 Å². The van der Waals surface area contributed by atoms with Crippen LogP contribution in [0.25, 0.3) is 0 Å². The van der Waals surface area contributed by atoms with Crippen molar-refractivity contribution in [2.45, 2.75) is 18.1 Å². The van der Waals surface area contributed by atoms with Crippen LogP contribution in [0.15, 0.2) is 0 Å². The van der Waals surface area contributed by atoms with Crippen LogP contribution in [0, 0.1) is 0 Å². The summed E-state index contributed by atoms with van der Waals surface area (Å²) >= 11 is 2.16. The monoisotopic (exact) mass is 245 g/mol. The maximum Gasteiger partial charge on any atom is 0.0106 e. The van der Waals surface area contributed by atoms with Gasteiger partial charge in [0.05, 0.1) is 0 Å². The lowest BCUT2D eigenvalue weighted by Crippen LogP contribution is -2.32. The van der Waals surface area contributed by atoms with Crippen LogP contribution < -0.4 is 5.32 Å². The Balaban J connectivity index is 1.96. The number of hydrogen-bond acceptors (Lipinski definition) is 4. The Morgan fingerprint density at radius 1 is 1.06 bits per heavy atom. The Hall–Kier alpha value is 0.230.